The Morgan fingerprint density at radius 1 is 0.947 bits per heavy atom. The molecular formula is C13H14N2O3S. The maximum Gasteiger partial charge on any atom is 0.206 e. The molecule has 0 saturated heterocycles. The van der Waals surface area contributed by atoms with Crippen LogP contribution < -0.4 is 11.5 Å². The van der Waals surface area contributed by atoms with Crippen LogP contribution in [-0.2, 0) is 16.4 Å². The molecule has 0 aliphatic rings. The predicted molar refractivity (Wildman–Crippen MR) is 73.1 cm³/mol. The van der Waals surface area contributed by atoms with E-state index in [2.05, 4.69) is 0 Å². The van der Waals surface area contributed by atoms with Crippen LogP contribution in [0, 0.1) is 0 Å². The molecule has 2 aromatic rings. The van der Waals surface area contributed by atoms with Crippen LogP contribution in [0.5, 0.6) is 0 Å². The monoisotopic (exact) mass is 278 g/mol. The molecule has 0 aliphatic heterocycles. The van der Waals surface area contributed by atoms with E-state index in [1.54, 1.807) is 0 Å². The van der Waals surface area contributed by atoms with Crippen LogP contribution in [-0.4, -0.2) is 13.5 Å². The lowest BCUT2D eigenvalue weighted by molar-refractivity contribution is 0.278. The molecule has 0 unspecified atom stereocenters. The van der Waals surface area contributed by atoms with Gasteiger partial charge in [-0.1, -0.05) is 0 Å². The third kappa shape index (κ3) is 2.54. The summed E-state index contributed by atoms with van der Waals surface area (Å²) in [6.45, 7) is -0.394. The highest BCUT2D eigenvalue weighted by Crippen LogP contribution is 2.26. The number of aliphatic hydroxyl groups excluding tert-OH is 1. The highest BCUT2D eigenvalue weighted by Gasteiger charge is 2.20. The predicted octanol–water partition coefficient (Wildman–Crippen LogP) is 1.18. The molecule has 0 bridgehead atoms. The van der Waals surface area contributed by atoms with Crippen molar-refractivity contribution in [3.8, 4) is 0 Å². The molecule has 19 heavy (non-hydrogen) atoms. The molecular weight excluding hydrogens is 264 g/mol. The summed E-state index contributed by atoms with van der Waals surface area (Å²) in [5, 5.41) is 9.26. The second kappa shape index (κ2) is 4.91. The molecule has 5 N–H and O–H groups in total. The first-order valence-electron chi connectivity index (χ1n) is 5.55. The van der Waals surface area contributed by atoms with Gasteiger partial charge < -0.3 is 16.6 Å². The summed E-state index contributed by atoms with van der Waals surface area (Å²) in [7, 11) is -3.69. The first-order valence-corrected chi connectivity index (χ1v) is 7.03. The van der Waals surface area contributed by atoms with E-state index in [9.17, 15) is 13.5 Å². The Labute approximate surface area is 111 Å². The van der Waals surface area contributed by atoms with Crippen molar-refractivity contribution in [2.75, 3.05) is 11.5 Å². The van der Waals surface area contributed by atoms with E-state index in [4.69, 9.17) is 11.5 Å². The quantitative estimate of drug-likeness (QED) is 0.731. The molecule has 2 aromatic carbocycles. The Bertz CT molecular complexity index is 694. The fraction of sp³-hybridized carbons (Fsp3) is 0.0769. The third-order valence-corrected chi connectivity index (χ3v) is 4.60. The Kier molecular flexibility index (Phi) is 3.46. The van der Waals surface area contributed by atoms with Crippen molar-refractivity contribution in [3.05, 3.63) is 48.0 Å². The lowest BCUT2D eigenvalue weighted by atomic mass is 10.2. The minimum atomic E-state index is -3.69. The van der Waals surface area contributed by atoms with Crippen LogP contribution in [0.1, 0.15) is 5.56 Å². The third-order valence-electron chi connectivity index (χ3n) is 2.73. The van der Waals surface area contributed by atoms with Gasteiger partial charge in [0.15, 0.2) is 0 Å². The van der Waals surface area contributed by atoms with Crippen LogP contribution in [0.25, 0.3) is 0 Å². The number of sulfone groups is 1. The zero-order valence-corrected chi connectivity index (χ0v) is 10.9. The van der Waals surface area contributed by atoms with E-state index in [-0.39, 0.29) is 15.4 Å². The van der Waals surface area contributed by atoms with Crippen molar-refractivity contribution in [1.82, 2.24) is 0 Å². The van der Waals surface area contributed by atoms with Crippen LogP contribution in [0.15, 0.2) is 52.3 Å². The SMILES string of the molecule is Nc1ccc(S(=O)(=O)c2ccc(N)cc2CO)cc1. The largest absolute Gasteiger partial charge is 0.399 e. The van der Waals surface area contributed by atoms with Gasteiger partial charge in [0.2, 0.25) is 9.84 Å². The normalized spacial score (nSPS) is 11.4. The summed E-state index contributed by atoms with van der Waals surface area (Å²) in [6, 6.07) is 10.2. The number of hydrogen-bond donors (Lipinski definition) is 3. The number of aliphatic hydroxyl groups is 1. The second-order valence-corrected chi connectivity index (χ2v) is 6.02. The molecule has 0 aliphatic carbocycles. The van der Waals surface area contributed by atoms with Crippen molar-refractivity contribution in [2.24, 2.45) is 0 Å². The van der Waals surface area contributed by atoms with Gasteiger partial charge in [0.1, 0.15) is 0 Å². The molecule has 0 fully saturated rings. The van der Waals surface area contributed by atoms with E-state index >= 15 is 0 Å². The molecule has 0 atom stereocenters. The maximum atomic E-state index is 12.4. The van der Waals surface area contributed by atoms with E-state index in [0.717, 1.165) is 0 Å². The average Bonchev–Trinajstić information content (AvgIpc) is 2.38. The number of rotatable bonds is 3. The summed E-state index contributed by atoms with van der Waals surface area (Å²) in [5.74, 6) is 0. The van der Waals surface area contributed by atoms with Gasteiger partial charge in [0, 0.05) is 11.4 Å². The number of hydrogen-bond acceptors (Lipinski definition) is 5. The summed E-state index contributed by atoms with van der Waals surface area (Å²) in [5.41, 5.74) is 12.3. The zero-order chi connectivity index (χ0) is 14.0. The minimum Gasteiger partial charge on any atom is -0.399 e. The molecule has 0 radical (unpaired) electrons. The number of nitrogens with two attached hydrogens (primary N) is 2. The topological polar surface area (TPSA) is 106 Å². The summed E-state index contributed by atoms with van der Waals surface area (Å²) in [4.78, 5) is 0.176. The summed E-state index contributed by atoms with van der Waals surface area (Å²) >= 11 is 0. The minimum absolute atomic E-state index is 0.0500. The highest BCUT2D eigenvalue weighted by molar-refractivity contribution is 7.91. The molecule has 5 nitrogen and oxygen atoms in total. The molecule has 0 saturated carbocycles. The van der Waals surface area contributed by atoms with Gasteiger partial charge >= 0.3 is 0 Å². The van der Waals surface area contributed by atoms with Crippen molar-refractivity contribution in [1.29, 1.82) is 0 Å². The fourth-order valence-corrected chi connectivity index (χ4v) is 3.22. The fourth-order valence-electron chi connectivity index (χ4n) is 1.76. The van der Waals surface area contributed by atoms with Crippen LogP contribution in [0.4, 0.5) is 11.4 Å². The highest BCUT2D eigenvalue weighted by atomic mass is 32.2. The van der Waals surface area contributed by atoms with Crippen molar-refractivity contribution < 1.29 is 13.5 Å². The van der Waals surface area contributed by atoms with Gasteiger partial charge in [-0.05, 0) is 48.0 Å². The van der Waals surface area contributed by atoms with E-state index in [1.165, 1.54) is 42.5 Å². The van der Waals surface area contributed by atoms with Gasteiger partial charge in [0.25, 0.3) is 0 Å². The maximum absolute atomic E-state index is 12.4. The number of benzene rings is 2. The number of anilines is 2. The zero-order valence-electron chi connectivity index (χ0n) is 10.1. The lowest BCUT2D eigenvalue weighted by Gasteiger charge is -2.10. The molecule has 100 valence electrons. The van der Waals surface area contributed by atoms with Crippen molar-refractivity contribution >= 4 is 21.2 Å². The molecule has 0 spiro atoms. The van der Waals surface area contributed by atoms with Gasteiger partial charge in [-0.15, -0.1) is 0 Å². The molecule has 6 heteroatoms. The van der Waals surface area contributed by atoms with Gasteiger partial charge in [0.05, 0.1) is 16.4 Å². The Balaban J connectivity index is 2.59. The Morgan fingerprint density at radius 2 is 1.53 bits per heavy atom. The molecule has 0 aromatic heterocycles. The Hall–Kier alpha value is -2.05. The first-order chi connectivity index (χ1) is 8.95. The van der Waals surface area contributed by atoms with Gasteiger partial charge in [-0.25, -0.2) is 8.42 Å². The first kappa shape index (κ1) is 13.4. The van der Waals surface area contributed by atoms with Gasteiger partial charge in [-0.3, -0.25) is 0 Å². The van der Waals surface area contributed by atoms with Crippen LogP contribution in [0.3, 0.4) is 0 Å². The van der Waals surface area contributed by atoms with Gasteiger partial charge in [-0.2, -0.15) is 0 Å². The van der Waals surface area contributed by atoms with E-state index < -0.39 is 16.4 Å². The van der Waals surface area contributed by atoms with Crippen LogP contribution in [0.2, 0.25) is 0 Å². The molecule has 2 rings (SSSR count). The van der Waals surface area contributed by atoms with Crippen molar-refractivity contribution in [3.63, 3.8) is 0 Å². The smallest absolute Gasteiger partial charge is 0.206 e. The van der Waals surface area contributed by atoms with E-state index in [0.29, 0.717) is 11.4 Å². The summed E-state index contributed by atoms with van der Waals surface area (Å²) in [6.07, 6.45) is 0. The average molecular weight is 278 g/mol. The molecule has 0 amide bonds. The van der Waals surface area contributed by atoms with E-state index in [1.807, 2.05) is 0 Å². The Morgan fingerprint density at radius 3 is 2.11 bits per heavy atom. The second-order valence-electron chi connectivity index (χ2n) is 4.10. The summed E-state index contributed by atoms with van der Waals surface area (Å²) < 4.78 is 24.9. The lowest BCUT2D eigenvalue weighted by Crippen LogP contribution is -2.06. The standard InChI is InChI=1S/C13H14N2O3S/c14-10-1-4-12(5-2-10)19(17,18)13-6-3-11(15)7-9(13)8-16/h1-7,16H,8,14-15H2. The number of nitrogen functional groups attached to an aromatic ring is 2. The van der Waals surface area contributed by atoms with Crippen LogP contribution >= 0.6 is 0 Å². The van der Waals surface area contributed by atoms with Crippen molar-refractivity contribution in [2.45, 2.75) is 16.4 Å². The molecule has 0 heterocycles.